The maximum Gasteiger partial charge on any atom is 0.332 e. The van der Waals surface area contributed by atoms with Gasteiger partial charge >= 0.3 is 5.69 Å². The predicted octanol–water partition coefficient (Wildman–Crippen LogP) is -0.0883. The van der Waals surface area contributed by atoms with Crippen molar-refractivity contribution in [2.24, 2.45) is 14.1 Å². The van der Waals surface area contributed by atoms with Gasteiger partial charge in [0.15, 0.2) is 11.2 Å². The number of nitrogens with two attached hydrogens (primary N) is 1. The van der Waals surface area contributed by atoms with Gasteiger partial charge in [0, 0.05) is 20.6 Å². The van der Waals surface area contributed by atoms with Crippen molar-refractivity contribution in [1.82, 2.24) is 28.5 Å². The number of hydrogen-bond donors (Lipinski definition) is 2. The fourth-order valence-electron chi connectivity index (χ4n) is 3.03. The molecule has 138 valence electrons. The van der Waals surface area contributed by atoms with Crippen LogP contribution >= 0.6 is 0 Å². The van der Waals surface area contributed by atoms with Crippen molar-refractivity contribution in [2.45, 2.75) is 6.42 Å². The molecule has 0 atom stereocenters. The third kappa shape index (κ3) is 2.71. The summed E-state index contributed by atoms with van der Waals surface area (Å²) in [6.45, 7) is 0.571. The number of nitrogens with zero attached hydrogens (tertiary/aromatic N) is 6. The zero-order valence-electron chi connectivity index (χ0n) is 14.9. The smallest absolute Gasteiger partial charge is 0.332 e. The van der Waals surface area contributed by atoms with Gasteiger partial charge in [-0.05, 0) is 12.0 Å². The van der Waals surface area contributed by atoms with E-state index in [1.807, 2.05) is 30.3 Å². The Balaban J connectivity index is 1.85. The fraction of sp³-hybridized carbons (Fsp3) is 0.235. The summed E-state index contributed by atoms with van der Waals surface area (Å²) < 4.78 is 3.83. The Bertz CT molecular complexity index is 1270. The average Bonchev–Trinajstić information content (AvgIpc) is 3.05. The molecule has 0 saturated carbocycles. The van der Waals surface area contributed by atoms with Gasteiger partial charge < -0.3 is 11.1 Å². The Morgan fingerprint density at radius 3 is 2.52 bits per heavy atom. The van der Waals surface area contributed by atoms with Gasteiger partial charge in [-0.15, -0.1) is 0 Å². The third-order valence-electron chi connectivity index (χ3n) is 4.43. The van der Waals surface area contributed by atoms with Gasteiger partial charge in [-0.3, -0.25) is 13.9 Å². The molecule has 0 aliphatic heterocycles. The van der Waals surface area contributed by atoms with E-state index in [0.717, 1.165) is 16.6 Å². The molecule has 4 rings (SSSR count). The molecule has 0 amide bonds. The zero-order valence-corrected chi connectivity index (χ0v) is 14.9. The van der Waals surface area contributed by atoms with Crippen molar-refractivity contribution in [2.75, 3.05) is 17.6 Å². The Kier molecular flexibility index (Phi) is 3.87. The van der Waals surface area contributed by atoms with Crippen LogP contribution in [0.25, 0.3) is 16.9 Å². The molecule has 3 heterocycles. The van der Waals surface area contributed by atoms with Gasteiger partial charge in [0.25, 0.3) is 5.56 Å². The first-order valence-corrected chi connectivity index (χ1v) is 8.37. The number of nitrogens with one attached hydrogen (secondary N) is 1. The van der Waals surface area contributed by atoms with E-state index in [9.17, 15) is 9.59 Å². The molecule has 0 saturated heterocycles. The average molecular weight is 366 g/mol. The summed E-state index contributed by atoms with van der Waals surface area (Å²) in [6.07, 6.45) is 0.759. The van der Waals surface area contributed by atoms with Crippen LogP contribution in [0.2, 0.25) is 0 Å². The van der Waals surface area contributed by atoms with Crippen molar-refractivity contribution in [3.8, 4) is 0 Å². The third-order valence-corrected chi connectivity index (χ3v) is 4.43. The number of rotatable bonds is 4. The highest BCUT2D eigenvalue weighted by molar-refractivity contribution is 5.77. The van der Waals surface area contributed by atoms with E-state index in [1.54, 1.807) is 7.05 Å². The second kappa shape index (κ2) is 6.24. The first-order chi connectivity index (χ1) is 13.0. The van der Waals surface area contributed by atoms with Gasteiger partial charge in [-0.2, -0.15) is 15.0 Å². The lowest BCUT2D eigenvalue weighted by atomic mass is 10.1. The monoisotopic (exact) mass is 366 g/mol. The molecular formula is C17H18N8O2. The van der Waals surface area contributed by atoms with Crippen LogP contribution in [0.3, 0.4) is 0 Å². The molecular weight excluding hydrogens is 348 g/mol. The number of aryl methyl sites for hydroxylation is 1. The lowest BCUT2D eigenvalue weighted by molar-refractivity contribution is 0.708. The molecule has 0 spiro atoms. The van der Waals surface area contributed by atoms with Crippen molar-refractivity contribution < 1.29 is 0 Å². The molecule has 0 aliphatic carbocycles. The van der Waals surface area contributed by atoms with E-state index >= 15 is 0 Å². The van der Waals surface area contributed by atoms with Crippen LogP contribution in [0.4, 0.5) is 11.9 Å². The molecule has 0 aliphatic rings. The fourth-order valence-corrected chi connectivity index (χ4v) is 3.03. The zero-order chi connectivity index (χ0) is 19.1. The first kappa shape index (κ1) is 16.8. The van der Waals surface area contributed by atoms with Crippen LogP contribution in [0, 0.1) is 0 Å². The van der Waals surface area contributed by atoms with Crippen molar-refractivity contribution in [3.05, 3.63) is 56.7 Å². The van der Waals surface area contributed by atoms with Crippen LogP contribution < -0.4 is 22.3 Å². The first-order valence-electron chi connectivity index (χ1n) is 8.37. The van der Waals surface area contributed by atoms with Crippen LogP contribution in [0.1, 0.15) is 5.56 Å². The quantitative estimate of drug-likeness (QED) is 0.517. The molecule has 0 bridgehead atoms. The Morgan fingerprint density at radius 2 is 1.78 bits per heavy atom. The summed E-state index contributed by atoms with van der Waals surface area (Å²) in [5.41, 5.74) is 6.48. The summed E-state index contributed by atoms with van der Waals surface area (Å²) in [4.78, 5) is 37.5. The van der Waals surface area contributed by atoms with Gasteiger partial charge in [-0.25, -0.2) is 9.20 Å². The molecule has 10 heteroatoms. The van der Waals surface area contributed by atoms with Gasteiger partial charge in [-0.1, -0.05) is 30.3 Å². The Labute approximate surface area is 152 Å². The number of hydrogen-bond acceptors (Lipinski definition) is 7. The maximum absolute atomic E-state index is 12.7. The van der Waals surface area contributed by atoms with E-state index in [0.29, 0.717) is 12.5 Å². The number of fused-ring (bicyclic) bond motifs is 3. The van der Waals surface area contributed by atoms with Gasteiger partial charge in [0.2, 0.25) is 17.7 Å². The van der Waals surface area contributed by atoms with Crippen molar-refractivity contribution in [1.29, 1.82) is 0 Å². The molecule has 3 N–H and O–H groups in total. The molecule has 4 aromatic rings. The highest BCUT2D eigenvalue weighted by Gasteiger charge is 2.19. The number of nitrogen functional groups attached to an aromatic ring is 1. The summed E-state index contributed by atoms with van der Waals surface area (Å²) in [5.74, 6) is 0.589. The number of imidazole rings is 1. The van der Waals surface area contributed by atoms with Crippen LogP contribution in [0.15, 0.2) is 39.9 Å². The van der Waals surface area contributed by atoms with E-state index in [4.69, 9.17) is 5.73 Å². The Hall–Kier alpha value is -3.69. The van der Waals surface area contributed by atoms with E-state index in [2.05, 4.69) is 20.3 Å². The minimum absolute atomic E-state index is 0.0295. The highest BCUT2D eigenvalue weighted by atomic mass is 16.2. The van der Waals surface area contributed by atoms with Gasteiger partial charge in [0.1, 0.15) is 0 Å². The minimum Gasteiger partial charge on any atom is -0.368 e. The second-order valence-corrected chi connectivity index (χ2v) is 6.19. The number of benzene rings is 1. The van der Waals surface area contributed by atoms with Crippen LogP contribution in [0.5, 0.6) is 0 Å². The lowest BCUT2D eigenvalue weighted by Gasteiger charge is -2.09. The summed E-state index contributed by atoms with van der Waals surface area (Å²) in [5, 5.41) is 3.19. The summed E-state index contributed by atoms with van der Waals surface area (Å²) >= 11 is 0. The minimum atomic E-state index is -0.472. The molecule has 0 unspecified atom stereocenters. The number of aromatic nitrogens is 6. The lowest BCUT2D eigenvalue weighted by Crippen LogP contribution is -2.37. The predicted molar refractivity (Wildman–Crippen MR) is 102 cm³/mol. The molecule has 3 aromatic heterocycles. The summed E-state index contributed by atoms with van der Waals surface area (Å²) in [6, 6.07) is 9.98. The van der Waals surface area contributed by atoms with E-state index in [1.165, 1.54) is 16.0 Å². The standard InChI is InChI=1S/C17H18N8O2/c1-23-12-11(13(26)24(2)17(23)27)25-15(21-14(18)22-16(25)20-12)19-9-8-10-6-4-3-5-7-10/h3-7H,8-9H2,1-2H3,(H3,18,19,20,21,22). The van der Waals surface area contributed by atoms with Crippen molar-refractivity contribution >= 4 is 28.8 Å². The molecule has 0 radical (unpaired) electrons. The second-order valence-electron chi connectivity index (χ2n) is 6.19. The molecule has 1 aromatic carbocycles. The summed E-state index contributed by atoms with van der Waals surface area (Å²) in [7, 11) is 2.97. The maximum atomic E-state index is 12.7. The molecule has 27 heavy (non-hydrogen) atoms. The van der Waals surface area contributed by atoms with E-state index < -0.39 is 11.2 Å². The highest BCUT2D eigenvalue weighted by Crippen LogP contribution is 2.16. The largest absolute Gasteiger partial charge is 0.368 e. The van der Waals surface area contributed by atoms with Crippen molar-refractivity contribution in [3.63, 3.8) is 0 Å². The Morgan fingerprint density at radius 1 is 1.04 bits per heavy atom. The molecule has 10 nitrogen and oxygen atoms in total. The van der Waals surface area contributed by atoms with Gasteiger partial charge in [0.05, 0.1) is 0 Å². The SMILES string of the molecule is Cn1c(=O)c2c(nc3nc(N)nc(NCCc4ccccc4)n32)n(C)c1=O. The molecule has 0 fully saturated rings. The van der Waals surface area contributed by atoms with Crippen LogP contribution in [-0.4, -0.2) is 35.0 Å². The van der Waals surface area contributed by atoms with E-state index in [-0.39, 0.29) is 22.9 Å². The normalized spacial score (nSPS) is 11.3. The number of anilines is 2. The van der Waals surface area contributed by atoms with Crippen LogP contribution in [-0.2, 0) is 20.5 Å². The topological polar surface area (TPSA) is 125 Å².